The molecule has 0 unspecified atom stereocenters. The molecule has 2 fully saturated rings. The summed E-state index contributed by atoms with van der Waals surface area (Å²) in [7, 11) is 0. The molecule has 164 valence electrons. The van der Waals surface area contributed by atoms with Crippen LogP contribution in [0.25, 0.3) is 0 Å². The highest BCUT2D eigenvalue weighted by molar-refractivity contribution is 5.82. The fourth-order valence-electron chi connectivity index (χ4n) is 4.99. The number of nitrogens with two attached hydrogens (primary N) is 1. The highest BCUT2D eigenvalue weighted by atomic mass is 16.3. The van der Waals surface area contributed by atoms with Crippen molar-refractivity contribution in [1.29, 1.82) is 0 Å². The number of aromatic amines is 1. The lowest BCUT2D eigenvalue weighted by Crippen LogP contribution is -2.61. The molecule has 4 atom stereocenters. The molecule has 1 aromatic rings. The van der Waals surface area contributed by atoms with Crippen LogP contribution in [0.2, 0.25) is 0 Å². The molecule has 1 aromatic heterocycles. The molecule has 7 heteroatoms. The minimum Gasteiger partial charge on any atom is -0.388 e. The normalized spacial score (nSPS) is 23.4. The van der Waals surface area contributed by atoms with E-state index in [-0.39, 0.29) is 17.7 Å². The molecule has 3 rings (SSSR count). The number of imidazole rings is 1. The first-order valence-electron chi connectivity index (χ1n) is 11.3. The molecule has 6 N–H and O–H groups in total. The second kappa shape index (κ2) is 9.58. The Morgan fingerprint density at radius 3 is 2.55 bits per heavy atom. The van der Waals surface area contributed by atoms with Gasteiger partial charge in [-0.25, -0.2) is 4.98 Å². The Kier molecular flexibility index (Phi) is 7.35. The summed E-state index contributed by atoms with van der Waals surface area (Å²) in [6.07, 6.45) is 11.0. The molecule has 1 heterocycles. The zero-order valence-corrected chi connectivity index (χ0v) is 17.8. The van der Waals surface area contributed by atoms with E-state index in [9.17, 15) is 15.0 Å². The first-order chi connectivity index (χ1) is 13.8. The fourth-order valence-corrected chi connectivity index (χ4v) is 4.99. The smallest absolute Gasteiger partial charge is 0.237 e. The van der Waals surface area contributed by atoms with Crippen LogP contribution in [0.5, 0.6) is 0 Å². The largest absolute Gasteiger partial charge is 0.388 e. The number of carbonyl (C=O) groups is 1. The molecule has 2 aliphatic carbocycles. The van der Waals surface area contributed by atoms with E-state index < -0.39 is 23.8 Å². The van der Waals surface area contributed by atoms with Crippen molar-refractivity contribution < 1.29 is 15.0 Å². The molecule has 2 saturated carbocycles. The SMILES string of the molecule is CC(C)[C@@](O)(C1CC1)[C@@H](O)[C@@H](CC1CCCCC1)NC(=O)[C@@H](N)Cc1cnc[nH]1. The second-order valence-corrected chi connectivity index (χ2v) is 9.50. The second-order valence-electron chi connectivity index (χ2n) is 9.50. The Labute approximate surface area is 173 Å². The lowest BCUT2D eigenvalue weighted by Gasteiger charge is -2.42. The van der Waals surface area contributed by atoms with Crippen LogP contribution < -0.4 is 11.1 Å². The third-order valence-corrected chi connectivity index (χ3v) is 6.98. The third kappa shape index (κ3) is 5.38. The van der Waals surface area contributed by atoms with Gasteiger partial charge in [0, 0.05) is 18.3 Å². The first-order valence-corrected chi connectivity index (χ1v) is 11.3. The molecule has 0 aliphatic heterocycles. The summed E-state index contributed by atoms with van der Waals surface area (Å²) < 4.78 is 0. The van der Waals surface area contributed by atoms with Gasteiger partial charge in [0.15, 0.2) is 0 Å². The molecule has 29 heavy (non-hydrogen) atoms. The molecule has 0 saturated heterocycles. The minimum absolute atomic E-state index is 0.0885. The van der Waals surface area contributed by atoms with Crippen molar-refractivity contribution in [2.45, 2.75) is 95.4 Å². The number of hydrogen-bond donors (Lipinski definition) is 5. The number of aliphatic hydroxyl groups excluding tert-OH is 1. The maximum absolute atomic E-state index is 12.8. The van der Waals surface area contributed by atoms with Crippen molar-refractivity contribution in [2.24, 2.45) is 23.5 Å². The number of nitrogens with one attached hydrogen (secondary N) is 2. The highest BCUT2D eigenvalue weighted by Crippen LogP contribution is 2.47. The lowest BCUT2D eigenvalue weighted by atomic mass is 9.74. The number of hydrogen-bond acceptors (Lipinski definition) is 5. The Bertz CT molecular complexity index is 636. The molecule has 0 radical (unpaired) electrons. The molecular formula is C22H38N4O3. The van der Waals surface area contributed by atoms with Crippen LogP contribution in [-0.2, 0) is 11.2 Å². The summed E-state index contributed by atoms with van der Waals surface area (Å²) in [6.45, 7) is 3.90. The summed E-state index contributed by atoms with van der Waals surface area (Å²) in [6, 6.07) is -1.23. The predicted molar refractivity (Wildman–Crippen MR) is 112 cm³/mol. The Morgan fingerprint density at radius 1 is 1.31 bits per heavy atom. The fraction of sp³-hybridized carbons (Fsp3) is 0.818. The number of H-pyrrole nitrogens is 1. The van der Waals surface area contributed by atoms with E-state index in [1.54, 1.807) is 12.5 Å². The van der Waals surface area contributed by atoms with Gasteiger partial charge >= 0.3 is 0 Å². The van der Waals surface area contributed by atoms with Gasteiger partial charge in [0.1, 0.15) is 6.10 Å². The zero-order chi connectivity index (χ0) is 21.0. The number of nitrogens with zero attached hydrogens (tertiary/aromatic N) is 1. The van der Waals surface area contributed by atoms with Crippen molar-refractivity contribution in [3.8, 4) is 0 Å². The number of aliphatic hydroxyl groups is 2. The maximum atomic E-state index is 12.8. The van der Waals surface area contributed by atoms with Crippen molar-refractivity contribution >= 4 is 5.91 Å². The lowest BCUT2D eigenvalue weighted by molar-refractivity contribution is -0.143. The van der Waals surface area contributed by atoms with Crippen molar-refractivity contribution in [1.82, 2.24) is 15.3 Å². The summed E-state index contributed by atoms with van der Waals surface area (Å²) in [5.74, 6) is 0.181. The van der Waals surface area contributed by atoms with E-state index in [0.717, 1.165) is 31.4 Å². The van der Waals surface area contributed by atoms with Gasteiger partial charge in [-0.15, -0.1) is 0 Å². The van der Waals surface area contributed by atoms with Crippen LogP contribution >= 0.6 is 0 Å². The van der Waals surface area contributed by atoms with Crippen LogP contribution in [-0.4, -0.2) is 49.9 Å². The molecular weight excluding hydrogens is 368 g/mol. The van der Waals surface area contributed by atoms with Gasteiger partial charge in [-0.05, 0) is 37.0 Å². The van der Waals surface area contributed by atoms with Gasteiger partial charge in [-0.1, -0.05) is 46.0 Å². The summed E-state index contributed by atoms with van der Waals surface area (Å²) >= 11 is 0. The van der Waals surface area contributed by atoms with E-state index in [1.165, 1.54) is 19.3 Å². The summed E-state index contributed by atoms with van der Waals surface area (Å²) in [5, 5.41) is 25.7. The number of carbonyl (C=O) groups excluding carboxylic acids is 1. The van der Waals surface area contributed by atoms with Gasteiger partial charge in [0.2, 0.25) is 5.91 Å². The average Bonchev–Trinajstić information content (AvgIpc) is 3.44. The quantitative estimate of drug-likeness (QED) is 0.406. The van der Waals surface area contributed by atoms with Gasteiger partial charge in [-0.3, -0.25) is 4.79 Å². The predicted octanol–water partition coefficient (Wildman–Crippen LogP) is 1.89. The van der Waals surface area contributed by atoms with Crippen molar-refractivity contribution in [3.63, 3.8) is 0 Å². The number of rotatable bonds is 10. The number of aromatic nitrogens is 2. The molecule has 0 aromatic carbocycles. The first kappa shape index (κ1) is 22.2. The van der Waals surface area contributed by atoms with Crippen LogP contribution in [0, 0.1) is 17.8 Å². The average molecular weight is 407 g/mol. The molecule has 0 bridgehead atoms. The van der Waals surface area contributed by atoms with E-state index in [2.05, 4.69) is 15.3 Å². The van der Waals surface area contributed by atoms with Gasteiger partial charge < -0.3 is 26.2 Å². The maximum Gasteiger partial charge on any atom is 0.237 e. The Hall–Kier alpha value is -1.44. The summed E-state index contributed by atoms with van der Waals surface area (Å²) in [4.78, 5) is 19.8. The zero-order valence-electron chi connectivity index (χ0n) is 17.8. The van der Waals surface area contributed by atoms with Crippen molar-refractivity contribution in [2.75, 3.05) is 0 Å². The molecule has 7 nitrogen and oxygen atoms in total. The van der Waals surface area contributed by atoms with Gasteiger partial charge in [-0.2, -0.15) is 0 Å². The third-order valence-electron chi connectivity index (χ3n) is 6.98. The summed E-state index contributed by atoms with van der Waals surface area (Å²) in [5.41, 5.74) is 5.75. The van der Waals surface area contributed by atoms with Crippen LogP contribution in [0.1, 0.15) is 70.9 Å². The van der Waals surface area contributed by atoms with Gasteiger partial charge in [0.05, 0.1) is 24.0 Å². The standard InChI is InChI=1S/C22H38N4O3/c1-14(2)22(29,16-8-9-16)20(27)19(10-15-6-4-3-5-7-15)26-21(28)18(23)11-17-12-24-13-25-17/h12-16,18-20,27,29H,3-11,23H2,1-2H3,(H,24,25)(H,26,28)/t18-,19+,20-,22+/m0/s1. The van der Waals surface area contributed by atoms with Crippen molar-refractivity contribution in [3.05, 3.63) is 18.2 Å². The van der Waals surface area contributed by atoms with E-state index in [0.29, 0.717) is 18.8 Å². The Balaban J connectivity index is 1.71. The Morgan fingerprint density at radius 2 is 2.00 bits per heavy atom. The van der Waals surface area contributed by atoms with E-state index in [1.807, 2.05) is 13.8 Å². The molecule has 2 aliphatic rings. The highest BCUT2D eigenvalue weighted by Gasteiger charge is 2.53. The van der Waals surface area contributed by atoms with Crippen LogP contribution in [0.15, 0.2) is 12.5 Å². The monoisotopic (exact) mass is 406 g/mol. The molecule has 0 spiro atoms. The minimum atomic E-state index is -1.18. The number of amides is 1. The van der Waals surface area contributed by atoms with Crippen LogP contribution in [0.3, 0.4) is 0 Å². The van der Waals surface area contributed by atoms with E-state index in [4.69, 9.17) is 5.73 Å². The van der Waals surface area contributed by atoms with E-state index >= 15 is 0 Å². The topological polar surface area (TPSA) is 124 Å². The molecule has 1 amide bonds. The van der Waals surface area contributed by atoms with Gasteiger partial charge in [0.25, 0.3) is 0 Å². The van der Waals surface area contributed by atoms with Crippen LogP contribution in [0.4, 0.5) is 0 Å².